The summed E-state index contributed by atoms with van der Waals surface area (Å²) in [5.41, 5.74) is -0.0389. The first-order chi connectivity index (χ1) is 8.38. The second-order valence-electron chi connectivity index (χ2n) is 5.73. The van der Waals surface area contributed by atoms with E-state index < -0.39 is 0 Å². The molecule has 0 aromatic rings. The lowest BCUT2D eigenvalue weighted by atomic mass is 10.0. The van der Waals surface area contributed by atoms with E-state index in [0.717, 1.165) is 6.54 Å². The third kappa shape index (κ3) is 3.93. The molecule has 1 heterocycles. The fourth-order valence-corrected chi connectivity index (χ4v) is 1.87. The molecule has 106 valence electrons. The number of likely N-dealkylation sites (N-methyl/N-ethyl adjacent to an activating group) is 2. The molecule has 0 radical (unpaired) electrons. The Labute approximate surface area is 110 Å². The predicted molar refractivity (Wildman–Crippen MR) is 72.5 cm³/mol. The fraction of sp³-hybridized carbons (Fsp3) is 0.923. The van der Waals surface area contributed by atoms with Gasteiger partial charge in [-0.1, -0.05) is 6.92 Å². The summed E-state index contributed by atoms with van der Waals surface area (Å²) in [6.07, 6.45) is 0. The molecule has 0 saturated carbocycles. The molecule has 2 atom stereocenters. The Morgan fingerprint density at radius 1 is 1.39 bits per heavy atom. The maximum absolute atomic E-state index is 12.2. The average Bonchev–Trinajstić information content (AvgIpc) is 2.74. The standard InChI is InChI=1S/C13H27N3O2/c1-6-14-11-8-18-7-10(11)12(17)15-9-13(2,3)16(4)5/h10-11,14H,6-9H2,1-5H3,(H,15,17). The van der Waals surface area contributed by atoms with Crippen molar-refractivity contribution < 1.29 is 9.53 Å². The van der Waals surface area contributed by atoms with Crippen molar-refractivity contribution in [3.8, 4) is 0 Å². The zero-order valence-electron chi connectivity index (χ0n) is 12.2. The van der Waals surface area contributed by atoms with Gasteiger partial charge in [0.2, 0.25) is 5.91 Å². The summed E-state index contributed by atoms with van der Waals surface area (Å²) in [5, 5.41) is 6.33. The molecule has 1 aliphatic rings. The molecule has 2 unspecified atom stereocenters. The highest BCUT2D eigenvalue weighted by molar-refractivity contribution is 5.80. The maximum Gasteiger partial charge on any atom is 0.227 e. The van der Waals surface area contributed by atoms with Gasteiger partial charge in [0.1, 0.15) is 0 Å². The van der Waals surface area contributed by atoms with Crippen molar-refractivity contribution in [2.24, 2.45) is 5.92 Å². The van der Waals surface area contributed by atoms with Crippen LogP contribution in [0.15, 0.2) is 0 Å². The van der Waals surface area contributed by atoms with Crippen molar-refractivity contribution in [1.29, 1.82) is 0 Å². The minimum absolute atomic E-state index is 0.0389. The third-order valence-corrected chi connectivity index (χ3v) is 3.79. The highest BCUT2D eigenvalue weighted by Gasteiger charge is 2.34. The Kier molecular flexibility index (Phi) is 5.56. The predicted octanol–water partition coefficient (Wildman–Crippen LogP) is 0.0673. The molecule has 5 heteroatoms. The molecule has 2 N–H and O–H groups in total. The molecular formula is C13H27N3O2. The third-order valence-electron chi connectivity index (χ3n) is 3.79. The first-order valence-electron chi connectivity index (χ1n) is 6.64. The number of ether oxygens (including phenoxy) is 1. The van der Waals surface area contributed by atoms with Crippen molar-refractivity contribution in [2.75, 3.05) is 40.4 Å². The van der Waals surface area contributed by atoms with Crippen LogP contribution in [0.5, 0.6) is 0 Å². The summed E-state index contributed by atoms with van der Waals surface area (Å²) in [5.74, 6) is 0.0243. The molecule has 5 nitrogen and oxygen atoms in total. The number of amides is 1. The number of hydrogen-bond donors (Lipinski definition) is 2. The summed E-state index contributed by atoms with van der Waals surface area (Å²) in [7, 11) is 4.04. The largest absolute Gasteiger partial charge is 0.379 e. The van der Waals surface area contributed by atoms with E-state index in [4.69, 9.17) is 4.74 Å². The average molecular weight is 257 g/mol. The molecule has 0 spiro atoms. The Morgan fingerprint density at radius 2 is 2.06 bits per heavy atom. The topological polar surface area (TPSA) is 53.6 Å². The van der Waals surface area contributed by atoms with Crippen LogP contribution in [0.3, 0.4) is 0 Å². The van der Waals surface area contributed by atoms with Gasteiger partial charge < -0.3 is 20.3 Å². The Balaban J connectivity index is 2.45. The van der Waals surface area contributed by atoms with E-state index in [0.29, 0.717) is 19.8 Å². The van der Waals surface area contributed by atoms with Crippen molar-refractivity contribution in [1.82, 2.24) is 15.5 Å². The number of rotatable bonds is 6. The molecule has 0 aliphatic carbocycles. The lowest BCUT2D eigenvalue weighted by molar-refractivity contribution is -0.125. The number of carbonyl (C=O) groups excluding carboxylic acids is 1. The molecule has 1 rings (SSSR count). The highest BCUT2D eigenvalue weighted by Crippen LogP contribution is 2.15. The van der Waals surface area contributed by atoms with Gasteiger partial charge >= 0.3 is 0 Å². The van der Waals surface area contributed by atoms with Crippen molar-refractivity contribution in [3.05, 3.63) is 0 Å². The minimum Gasteiger partial charge on any atom is -0.379 e. The maximum atomic E-state index is 12.2. The normalized spacial score (nSPS) is 24.6. The number of hydrogen-bond acceptors (Lipinski definition) is 4. The smallest absolute Gasteiger partial charge is 0.227 e. The van der Waals surface area contributed by atoms with Gasteiger partial charge in [0, 0.05) is 18.1 Å². The van der Waals surface area contributed by atoms with E-state index in [-0.39, 0.29) is 23.4 Å². The molecule has 1 amide bonds. The first-order valence-corrected chi connectivity index (χ1v) is 6.64. The number of nitrogens with zero attached hydrogens (tertiary/aromatic N) is 1. The van der Waals surface area contributed by atoms with Gasteiger partial charge in [0.15, 0.2) is 0 Å². The van der Waals surface area contributed by atoms with E-state index in [1.54, 1.807) is 0 Å². The second-order valence-corrected chi connectivity index (χ2v) is 5.73. The van der Waals surface area contributed by atoms with Crippen LogP contribution in [-0.2, 0) is 9.53 Å². The Hall–Kier alpha value is -0.650. The molecule has 1 aliphatic heterocycles. The van der Waals surface area contributed by atoms with E-state index in [1.807, 2.05) is 21.0 Å². The number of nitrogens with one attached hydrogen (secondary N) is 2. The quantitative estimate of drug-likeness (QED) is 0.707. The molecule has 0 aromatic heterocycles. The van der Waals surface area contributed by atoms with Crippen molar-refractivity contribution in [2.45, 2.75) is 32.4 Å². The van der Waals surface area contributed by atoms with Gasteiger partial charge in [-0.05, 0) is 34.5 Å². The first kappa shape index (κ1) is 15.4. The van der Waals surface area contributed by atoms with Gasteiger partial charge in [-0.15, -0.1) is 0 Å². The van der Waals surface area contributed by atoms with Crippen LogP contribution < -0.4 is 10.6 Å². The van der Waals surface area contributed by atoms with Crippen molar-refractivity contribution in [3.63, 3.8) is 0 Å². The van der Waals surface area contributed by atoms with Gasteiger partial charge in [-0.25, -0.2) is 0 Å². The lowest BCUT2D eigenvalue weighted by Crippen LogP contribution is -2.51. The summed E-state index contributed by atoms with van der Waals surface area (Å²) >= 11 is 0. The van der Waals surface area contributed by atoms with Crippen LogP contribution in [0.25, 0.3) is 0 Å². The van der Waals surface area contributed by atoms with E-state index in [2.05, 4.69) is 29.4 Å². The van der Waals surface area contributed by atoms with Crippen LogP contribution in [0.2, 0.25) is 0 Å². The number of carbonyl (C=O) groups is 1. The van der Waals surface area contributed by atoms with Gasteiger partial charge in [-0.3, -0.25) is 4.79 Å². The molecule has 1 fully saturated rings. The molecule has 0 aromatic carbocycles. The zero-order valence-corrected chi connectivity index (χ0v) is 12.2. The van der Waals surface area contributed by atoms with Crippen LogP contribution >= 0.6 is 0 Å². The molecule has 0 bridgehead atoms. The SMILES string of the molecule is CCNC1COCC1C(=O)NCC(C)(C)N(C)C. The van der Waals surface area contributed by atoms with Crippen LogP contribution in [0.4, 0.5) is 0 Å². The van der Waals surface area contributed by atoms with Crippen LogP contribution in [0.1, 0.15) is 20.8 Å². The van der Waals surface area contributed by atoms with E-state index in [1.165, 1.54) is 0 Å². The molecule has 1 saturated heterocycles. The summed E-state index contributed by atoms with van der Waals surface area (Å²) in [6.45, 7) is 8.92. The van der Waals surface area contributed by atoms with Gasteiger partial charge in [-0.2, -0.15) is 0 Å². The monoisotopic (exact) mass is 257 g/mol. The van der Waals surface area contributed by atoms with Crippen LogP contribution in [-0.4, -0.2) is 62.8 Å². The Morgan fingerprint density at radius 3 is 2.61 bits per heavy atom. The van der Waals surface area contributed by atoms with Crippen molar-refractivity contribution >= 4 is 5.91 Å². The van der Waals surface area contributed by atoms with Crippen LogP contribution in [0, 0.1) is 5.92 Å². The fourth-order valence-electron chi connectivity index (χ4n) is 1.87. The Bertz CT molecular complexity index is 279. The van der Waals surface area contributed by atoms with E-state index >= 15 is 0 Å². The lowest BCUT2D eigenvalue weighted by Gasteiger charge is -2.33. The highest BCUT2D eigenvalue weighted by atomic mass is 16.5. The summed E-state index contributed by atoms with van der Waals surface area (Å²) < 4.78 is 5.39. The molecule has 18 heavy (non-hydrogen) atoms. The minimum atomic E-state index is -0.0667. The molecular weight excluding hydrogens is 230 g/mol. The summed E-state index contributed by atoms with van der Waals surface area (Å²) in [4.78, 5) is 14.3. The van der Waals surface area contributed by atoms with Gasteiger partial charge in [0.05, 0.1) is 19.1 Å². The zero-order chi connectivity index (χ0) is 13.8. The second kappa shape index (κ2) is 6.50. The van der Waals surface area contributed by atoms with Gasteiger partial charge in [0.25, 0.3) is 0 Å². The summed E-state index contributed by atoms with van der Waals surface area (Å²) in [6, 6.07) is 0.150. The van der Waals surface area contributed by atoms with E-state index in [9.17, 15) is 4.79 Å².